The highest BCUT2D eigenvalue weighted by Gasteiger charge is 2.36. The lowest BCUT2D eigenvalue weighted by Gasteiger charge is -2.26. The van der Waals surface area contributed by atoms with Gasteiger partial charge in [-0.1, -0.05) is 60.7 Å². The third-order valence-electron chi connectivity index (χ3n) is 14.6. The van der Waals surface area contributed by atoms with Crippen LogP contribution in [0.5, 0.6) is 0 Å². The molecule has 0 aromatic heterocycles. The normalized spacial score (nSPS) is 21.5. The maximum atomic E-state index is 14.2. The highest BCUT2D eigenvalue weighted by Crippen LogP contribution is 2.13. The smallest absolute Gasteiger partial charge is 0.305 e. The van der Waals surface area contributed by atoms with Gasteiger partial charge in [0, 0.05) is 45.4 Å². The monoisotopic (exact) mass is 1320 g/mol. The number of amides is 12. The number of carbonyl (C=O) groups excluding carboxylic acids is 12. The van der Waals surface area contributed by atoms with Crippen molar-refractivity contribution in [3.05, 3.63) is 71.8 Å². The number of aliphatic carboxylic acids is 2. The maximum Gasteiger partial charge on any atom is 0.305 e. The molecule has 2 fully saturated rings. The van der Waals surface area contributed by atoms with Gasteiger partial charge in [-0.25, -0.2) is 0 Å². The Hall–Kier alpha value is -10.5. The van der Waals surface area contributed by atoms with Crippen LogP contribution in [0.25, 0.3) is 0 Å². The van der Waals surface area contributed by atoms with Crippen molar-refractivity contribution in [1.82, 2.24) is 63.8 Å². The number of hydrogen-bond donors (Lipinski definition) is 19. The fraction of sp³-hybridized carbons (Fsp3) is 0.525. The molecule has 94 heavy (non-hydrogen) atoms. The number of nitrogens with zero attached hydrogens (tertiary/aromatic N) is 2. The Kier molecular flexibility index (Phi) is 32.6. The average molecular weight is 1320 g/mol. The first kappa shape index (κ1) is 76.0. The van der Waals surface area contributed by atoms with E-state index in [9.17, 15) is 77.3 Å². The van der Waals surface area contributed by atoms with Crippen molar-refractivity contribution in [3.63, 3.8) is 0 Å². The number of unbranched alkanes of at least 4 members (excludes halogenated alkanes) is 2. The van der Waals surface area contributed by atoms with Crippen molar-refractivity contribution >= 4 is 94.7 Å². The molecule has 514 valence electrons. The maximum absolute atomic E-state index is 14.2. The quantitative estimate of drug-likeness (QED) is 0.0196. The summed E-state index contributed by atoms with van der Waals surface area (Å²) < 4.78 is 0. The number of nitrogens with one attached hydrogen (secondary N) is 12. The van der Waals surface area contributed by atoms with E-state index in [2.05, 4.69) is 73.8 Å². The molecule has 2 aliphatic heterocycles. The molecule has 0 spiro atoms. The minimum absolute atomic E-state index is 0.0241. The fourth-order valence-electron chi connectivity index (χ4n) is 9.70. The summed E-state index contributed by atoms with van der Waals surface area (Å²) in [5.74, 6) is -13.4. The Morgan fingerprint density at radius 1 is 0.447 bits per heavy atom. The molecule has 2 aliphatic rings. The number of nitrogens with two attached hydrogens (primary N) is 5. The number of rotatable bonds is 30. The van der Waals surface area contributed by atoms with Crippen molar-refractivity contribution in [3.8, 4) is 0 Å². The first-order valence-electron chi connectivity index (χ1n) is 30.7. The van der Waals surface area contributed by atoms with Gasteiger partial charge in [-0.2, -0.15) is 0 Å². The molecule has 2 aromatic carbocycles. The standard InChI is InChI=1S/C59H87N19O16/c60-35(49(86)66-24-10-8-18-39-55(92)76-41(28-34-15-5-2-6-16-34)57(94)78-43(30-48(84)85)51(88)70-32-46(81)72-37(53(90)74-39)20-12-26-68-59(63)64)21-22-44(79)65-23-9-7-17-38-54(91)75-40(27-33-13-3-1-4-14-33)56(93)77-42(29-47(82)83)50(87)69-31-45(80)71-36(52(89)73-38)19-11-25-67-58(61)62/h1-6,13-16,35-43H,7-12,17-32,60H2,(H,65,79)(H,66,86)(H,69,87)(H,70,88)(H,71,80)(H,72,81)(H,73,89)(H,74,90)(H,75,91)(H,76,92)(H,77,93)(H,78,94)(H,82,83)(H,84,85)(H4,61,62,67)(H4,63,64,68)/t35-,36-,37-,38+,39?,40+,41+,42?,43+/m0/s1. The van der Waals surface area contributed by atoms with E-state index in [-0.39, 0.29) is 128 Å². The molecule has 24 N–H and O–H groups in total. The number of guanidine groups is 2. The number of carboxylic acid groups (broad SMARTS) is 2. The summed E-state index contributed by atoms with van der Waals surface area (Å²) in [5.41, 5.74) is 29.1. The summed E-state index contributed by atoms with van der Waals surface area (Å²) in [6, 6.07) is 4.29. The summed E-state index contributed by atoms with van der Waals surface area (Å²) in [7, 11) is 0. The predicted octanol–water partition coefficient (Wildman–Crippen LogP) is -6.65. The van der Waals surface area contributed by atoms with Crippen LogP contribution in [0.2, 0.25) is 0 Å². The highest BCUT2D eigenvalue weighted by atomic mass is 16.4. The molecule has 35 nitrogen and oxygen atoms in total. The Labute approximate surface area is 541 Å². The van der Waals surface area contributed by atoms with Gasteiger partial charge in [-0.05, 0) is 81.8 Å². The largest absolute Gasteiger partial charge is 0.481 e. The molecule has 12 amide bonds. The molecule has 2 saturated heterocycles. The number of benzene rings is 2. The number of aliphatic imine (C=N–C) groups is 2. The third kappa shape index (κ3) is 29.2. The average Bonchev–Trinajstić information content (AvgIpc) is 1.39. The first-order chi connectivity index (χ1) is 44.8. The lowest BCUT2D eigenvalue weighted by atomic mass is 10.0. The van der Waals surface area contributed by atoms with Gasteiger partial charge in [0.2, 0.25) is 70.9 Å². The second-order valence-corrected chi connectivity index (χ2v) is 22.3. The van der Waals surface area contributed by atoms with Crippen LogP contribution in [0, 0.1) is 0 Å². The van der Waals surface area contributed by atoms with Gasteiger partial charge in [-0.3, -0.25) is 77.1 Å². The van der Waals surface area contributed by atoms with E-state index >= 15 is 0 Å². The summed E-state index contributed by atoms with van der Waals surface area (Å²) >= 11 is 0. The highest BCUT2D eigenvalue weighted by molar-refractivity contribution is 6.00. The molecule has 0 radical (unpaired) electrons. The summed E-state index contributed by atoms with van der Waals surface area (Å²) in [4.78, 5) is 194. The van der Waals surface area contributed by atoms with Crippen molar-refractivity contribution in [2.24, 2.45) is 38.7 Å². The Bertz CT molecular complexity index is 3020. The zero-order chi connectivity index (χ0) is 69.1. The van der Waals surface area contributed by atoms with Gasteiger partial charge in [0.25, 0.3) is 0 Å². The van der Waals surface area contributed by atoms with Gasteiger partial charge in [0.1, 0.15) is 48.3 Å². The Balaban J connectivity index is 1.39. The van der Waals surface area contributed by atoms with Crippen molar-refractivity contribution in [1.29, 1.82) is 0 Å². The zero-order valence-corrected chi connectivity index (χ0v) is 51.9. The summed E-state index contributed by atoms with van der Waals surface area (Å²) in [5, 5.41) is 49.5. The van der Waals surface area contributed by atoms with Gasteiger partial charge >= 0.3 is 11.9 Å². The van der Waals surface area contributed by atoms with Gasteiger partial charge in [-0.15, -0.1) is 0 Å². The molecular weight excluding hydrogens is 1230 g/mol. The third-order valence-corrected chi connectivity index (χ3v) is 14.6. The van der Waals surface area contributed by atoms with Gasteiger partial charge < -0.3 is 103 Å². The second-order valence-electron chi connectivity index (χ2n) is 22.3. The molecule has 0 saturated carbocycles. The molecule has 4 rings (SSSR count). The molecule has 2 aromatic rings. The minimum Gasteiger partial charge on any atom is -0.481 e. The Morgan fingerprint density at radius 3 is 1.17 bits per heavy atom. The molecule has 35 heteroatoms. The van der Waals surface area contributed by atoms with Gasteiger partial charge in [0.05, 0.1) is 32.0 Å². The molecule has 0 bridgehead atoms. The van der Waals surface area contributed by atoms with Crippen LogP contribution in [-0.4, -0.2) is 199 Å². The predicted molar refractivity (Wildman–Crippen MR) is 337 cm³/mol. The minimum atomic E-state index is -1.68. The van der Waals surface area contributed by atoms with E-state index in [1.165, 1.54) is 0 Å². The Morgan fingerprint density at radius 2 is 0.787 bits per heavy atom. The van der Waals surface area contributed by atoms with Gasteiger partial charge in [0.15, 0.2) is 11.9 Å². The fourth-order valence-corrected chi connectivity index (χ4v) is 9.70. The van der Waals surface area contributed by atoms with E-state index in [0.717, 1.165) is 0 Å². The molecular formula is C59H87N19O16. The van der Waals surface area contributed by atoms with E-state index in [1.807, 2.05) is 0 Å². The van der Waals surface area contributed by atoms with Crippen molar-refractivity contribution in [2.45, 2.75) is 157 Å². The van der Waals surface area contributed by atoms with Crippen LogP contribution < -0.4 is 92.5 Å². The van der Waals surface area contributed by atoms with Crippen molar-refractivity contribution in [2.75, 3.05) is 39.3 Å². The lowest BCUT2D eigenvalue weighted by Crippen LogP contribution is -2.58. The van der Waals surface area contributed by atoms with Crippen LogP contribution in [0.3, 0.4) is 0 Å². The van der Waals surface area contributed by atoms with Crippen LogP contribution in [0.15, 0.2) is 70.6 Å². The van der Waals surface area contributed by atoms with Crippen LogP contribution in [0.1, 0.15) is 101 Å². The van der Waals surface area contributed by atoms with E-state index in [1.54, 1.807) is 60.7 Å². The number of hydrogen-bond acceptors (Lipinski definition) is 17. The van der Waals surface area contributed by atoms with Crippen LogP contribution in [-0.2, 0) is 80.0 Å². The van der Waals surface area contributed by atoms with Crippen LogP contribution in [0.4, 0.5) is 0 Å². The first-order valence-corrected chi connectivity index (χ1v) is 30.7. The molecule has 0 aliphatic carbocycles. The molecule has 2 unspecified atom stereocenters. The zero-order valence-electron chi connectivity index (χ0n) is 51.9. The molecule has 2 heterocycles. The molecule has 9 atom stereocenters. The lowest BCUT2D eigenvalue weighted by molar-refractivity contribution is -0.141. The topological polar surface area (TPSA) is 579 Å². The SMILES string of the molecule is NC(N)=NCCC[C@@H]1NC(=O)CNC(=O)[C@@H](CC(=O)O)NC(=O)[C@@H](Cc2ccccc2)NC(=O)C(CCCCNC(=O)[C@@H](N)CCC(=O)NCCCC[C@H]2NC(=O)[C@H](CCCN=C(N)N)NC(=O)CNC(=O)C(CC(=O)O)NC(=O)[C@@H](Cc3ccccc3)NC2=O)NC1=O. The summed E-state index contributed by atoms with van der Waals surface area (Å²) in [6.45, 7) is -1.22. The van der Waals surface area contributed by atoms with E-state index < -0.39 is 163 Å². The van der Waals surface area contributed by atoms with Crippen LogP contribution >= 0.6 is 0 Å². The number of carboxylic acids is 2. The second kappa shape index (κ2) is 40.4. The summed E-state index contributed by atoms with van der Waals surface area (Å²) in [6.07, 6.45) is -1.32. The van der Waals surface area contributed by atoms with E-state index in [4.69, 9.17) is 28.7 Å². The van der Waals surface area contributed by atoms with Crippen molar-refractivity contribution < 1.29 is 77.3 Å². The van der Waals surface area contributed by atoms with E-state index in [0.29, 0.717) is 11.1 Å². The number of carbonyl (C=O) groups is 14.